The molecule has 25 heavy (non-hydrogen) atoms. The molecule has 1 aliphatic heterocycles. The lowest BCUT2D eigenvalue weighted by Gasteiger charge is -2.29. The molecule has 0 bridgehead atoms. The Balaban J connectivity index is 2.07. The standard InChI is InChI=1S/C19H27ClN2O2S/c1-25-14-11-17(19(24)22-12-7-3-2-4-8-13-22)21-18(23)15-9-5-6-10-16(15)20/h5-6,9-10,17H,2-4,7-8,11-14H2,1H3,(H,21,23)/t17-/m0/s1. The van der Waals surface area contributed by atoms with Crippen LogP contribution < -0.4 is 5.32 Å². The second kappa shape index (κ2) is 10.7. The van der Waals surface area contributed by atoms with E-state index >= 15 is 0 Å². The molecule has 1 fully saturated rings. The molecule has 1 atom stereocenters. The SMILES string of the molecule is CSCC[C@H](NC(=O)c1ccccc1Cl)C(=O)N1CCCCCCC1. The number of benzene rings is 1. The van der Waals surface area contributed by atoms with Gasteiger partial charge in [-0.15, -0.1) is 0 Å². The minimum Gasteiger partial charge on any atom is -0.341 e. The van der Waals surface area contributed by atoms with Crippen molar-refractivity contribution in [3.63, 3.8) is 0 Å². The molecule has 1 saturated heterocycles. The number of nitrogens with one attached hydrogen (secondary N) is 1. The summed E-state index contributed by atoms with van der Waals surface area (Å²) >= 11 is 7.79. The van der Waals surface area contributed by atoms with Crippen molar-refractivity contribution in [2.75, 3.05) is 25.1 Å². The van der Waals surface area contributed by atoms with Gasteiger partial charge in [0.05, 0.1) is 10.6 Å². The maximum Gasteiger partial charge on any atom is 0.253 e. The summed E-state index contributed by atoms with van der Waals surface area (Å²) in [6, 6.07) is 6.45. The van der Waals surface area contributed by atoms with Crippen LogP contribution in [0.25, 0.3) is 0 Å². The first-order valence-corrected chi connectivity index (χ1v) is 10.7. The van der Waals surface area contributed by atoms with Gasteiger partial charge in [0.15, 0.2) is 0 Å². The number of carbonyl (C=O) groups is 2. The molecule has 0 spiro atoms. The third-order valence-electron chi connectivity index (χ3n) is 4.50. The first-order valence-electron chi connectivity index (χ1n) is 8.96. The van der Waals surface area contributed by atoms with E-state index in [1.165, 1.54) is 19.3 Å². The van der Waals surface area contributed by atoms with Crippen LogP contribution in [0.15, 0.2) is 24.3 Å². The van der Waals surface area contributed by atoms with Crippen molar-refractivity contribution >= 4 is 35.2 Å². The molecule has 138 valence electrons. The average molecular weight is 383 g/mol. The van der Waals surface area contributed by atoms with Gasteiger partial charge in [-0.2, -0.15) is 11.8 Å². The highest BCUT2D eigenvalue weighted by Crippen LogP contribution is 2.17. The monoisotopic (exact) mass is 382 g/mol. The molecule has 0 saturated carbocycles. The second-order valence-corrected chi connectivity index (χ2v) is 7.77. The number of hydrogen-bond acceptors (Lipinski definition) is 3. The number of carbonyl (C=O) groups excluding carboxylic acids is 2. The Morgan fingerprint density at radius 3 is 2.44 bits per heavy atom. The Hall–Kier alpha value is -1.20. The van der Waals surface area contributed by atoms with Crippen molar-refractivity contribution in [1.29, 1.82) is 0 Å². The Kier molecular flexibility index (Phi) is 8.62. The van der Waals surface area contributed by atoms with Crippen molar-refractivity contribution in [1.82, 2.24) is 10.2 Å². The third-order valence-corrected chi connectivity index (χ3v) is 5.47. The largest absolute Gasteiger partial charge is 0.341 e. The quantitative estimate of drug-likeness (QED) is 0.809. The summed E-state index contributed by atoms with van der Waals surface area (Å²) in [6.07, 6.45) is 8.32. The van der Waals surface area contributed by atoms with Crippen molar-refractivity contribution in [2.24, 2.45) is 0 Å². The van der Waals surface area contributed by atoms with Gasteiger partial charge in [0, 0.05) is 13.1 Å². The molecule has 0 aromatic heterocycles. The molecule has 2 rings (SSSR count). The van der Waals surface area contributed by atoms with E-state index in [0.717, 1.165) is 31.7 Å². The van der Waals surface area contributed by atoms with Crippen LogP contribution in [-0.2, 0) is 4.79 Å². The molecule has 1 aromatic carbocycles. The molecule has 2 amide bonds. The van der Waals surface area contributed by atoms with Crippen LogP contribution in [0.5, 0.6) is 0 Å². The minimum atomic E-state index is -0.490. The number of hydrogen-bond donors (Lipinski definition) is 1. The Labute approximate surface area is 159 Å². The topological polar surface area (TPSA) is 49.4 Å². The highest BCUT2D eigenvalue weighted by molar-refractivity contribution is 7.98. The van der Waals surface area contributed by atoms with Crippen LogP contribution in [-0.4, -0.2) is 47.9 Å². The molecule has 1 aliphatic rings. The van der Waals surface area contributed by atoms with Gasteiger partial charge < -0.3 is 10.2 Å². The number of nitrogens with zero attached hydrogens (tertiary/aromatic N) is 1. The van der Waals surface area contributed by atoms with E-state index in [4.69, 9.17) is 11.6 Å². The van der Waals surface area contributed by atoms with E-state index in [1.807, 2.05) is 11.2 Å². The zero-order valence-electron chi connectivity index (χ0n) is 14.8. The summed E-state index contributed by atoms with van der Waals surface area (Å²) < 4.78 is 0. The normalized spacial score (nSPS) is 16.6. The van der Waals surface area contributed by atoms with Crippen molar-refractivity contribution < 1.29 is 9.59 Å². The van der Waals surface area contributed by atoms with Gasteiger partial charge in [-0.1, -0.05) is 43.0 Å². The lowest BCUT2D eigenvalue weighted by Crippen LogP contribution is -2.49. The summed E-state index contributed by atoms with van der Waals surface area (Å²) in [5.74, 6) is 0.584. The molecule has 4 nitrogen and oxygen atoms in total. The second-order valence-electron chi connectivity index (χ2n) is 6.38. The fourth-order valence-corrected chi connectivity index (χ4v) is 3.76. The molecule has 1 heterocycles. The van der Waals surface area contributed by atoms with Crippen molar-refractivity contribution in [2.45, 2.75) is 44.6 Å². The number of halogens is 1. The van der Waals surface area contributed by atoms with E-state index in [9.17, 15) is 9.59 Å². The van der Waals surface area contributed by atoms with Gasteiger partial charge in [0.1, 0.15) is 6.04 Å². The zero-order chi connectivity index (χ0) is 18.1. The molecule has 1 aromatic rings. The lowest BCUT2D eigenvalue weighted by molar-refractivity contribution is -0.133. The number of amides is 2. The van der Waals surface area contributed by atoms with Gasteiger partial charge in [0.2, 0.25) is 5.91 Å². The minimum absolute atomic E-state index is 0.0383. The van der Waals surface area contributed by atoms with Crippen LogP contribution in [0.4, 0.5) is 0 Å². The third kappa shape index (κ3) is 6.23. The summed E-state index contributed by atoms with van der Waals surface area (Å²) in [7, 11) is 0. The highest BCUT2D eigenvalue weighted by Gasteiger charge is 2.26. The van der Waals surface area contributed by atoms with Gasteiger partial charge >= 0.3 is 0 Å². The highest BCUT2D eigenvalue weighted by atomic mass is 35.5. The van der Waals surface area contributed by atoms with Crippen LogP contribution in [0.1, 0.15) is 48.9 Å². The first-order chi connectivity index (χ1) is 12.1. The molecular weight excluding hydrogens is 356 g/mol. The number of thioether (sulfide) groups is 1. The van der Waals surface area contributed by atoms with E-state index in [-0.39, 0.29) is 11.8 Å². The Bertz CT molecular complexity index is 574. The Morgan fingerprint density at radius 1 is 1.16 bits per heavy atom. The summed E-state index contributed by atoms with van der Waals surface area (Å²) in [5.41, 5.74) is 0.416. The average Bonchev–Trinajstić information content (AvgIpc) is 2.58. The van der Waals surface area contributed by atoms with Gasteiger partial charge in [-0.05, 0) is 43.4 Å². The van der Waals surface area contributed by atoms with Gasteiger partial charge in [-0.3, -0.25) is 9.59 Å². The Morgan fingerprint density at radius 2 is 1.80 bits per heavy atom. The summed E-state index contributed by atoms with van der Waals surface area (Å²) in [4.78, 5) is 27.5. The van der Waals surface area contributed by atoms with Gasteiger partial charge in [0.25, 0.3) is 5.91 Å². The smallest absolute Gasteiger partial charge is 0.253 e. The predicted molar refractivity (Wildman–Crippen MR) is 105 cm³/mol. The van der Waals surface area contributed by atoms with E-state index in [1.54, 1.807) is 36.0 Å². The first kappa shape index (κ1) is 20.1. The molecular formula is C19H27ClN2O2S. The maximum absolute atomic E-state index is 13.0. The van der Waals surface area contributed by atoms with E-state index < -0.39 is 6.04 Å². The molecule has 0 unspecified atom stereocenters. The fraction of sp³-hybridized carbons (Fsp3) is 0.579. The summed E-state index contributed by atoms with van der Waals surface area (Å²) in [6.45, 7) is 1.58. The fourth-order valence-electron chi connectivity index (χ4n) is 3.06. The molecule has 0 radical (unpaired) electrons. The maximum atomic E-state index is 13.0. The van der Waals surface area contributed by atoms with Crippen LogP contribution in [0.3, 0.4) is 0 Å². The van der Waals surface area contributed by atoms with E-state index in [2.05, 4.69) is 5.32 Å². The van der Waals surface area contributed by atoms with E-state index in [0.29, 0.717) is 17.0 Å². The van der Waals surface area contributed by atoms with Crippen LogP contribution in [0.2, 0.25) is 5.02 Å². The molecule has 6 heteroatoms. The van der Waals surface area contributed by atoms with Crippen LogP contribution in [0, 0.1) is 0 Å². The van der Waals surface area contributed by atoms with Crippen LogP contribution >= 0.6 is 23.4 Å². The number of rotatable bonds is 6. The molecule has 1 N–H and O–H groups in total. The predicted octanol–water partition coefficient (Wildman–Crippen LogP) is 3.98. The van der Waals surface area contributed by atoms with Crippen molar-refractivity contribution in [3.8, 4) is 0 Å². The summed E-state index contributed by atoms with van der Waals surface area (Å²) in [5, 5.41) is 3.32. The van der Waals surface area contributed by atoms with Gasteiger partial charge in [-0.25, -0.2) is 0 Å². The zero-order valence-corrected chi connectivity index (χ0v) is 16.4. The van der Waals surface area contributed by atoms with Crippen molar-refractivity contribution in [3.05, 3.63) is 34.9 Å². The lowest BCUT2D eigenvalue weighted by atomic mass is 10.1. The molecule has 0 aliphatic carbocycles. The number of likely N-dealkylation sites (tertiary alicyclic amines) is 1.